The van der Waals surface area contributed by atoms with Crippen LogP contribution in [0.4, 0.5) is 0 Å². The number of hydrogen-bond donors (Lipinski definition) is 3. The van der Waals surface area contributed by atoms with Gasteiger partial charge in [-0.15, -0.1) is 5.10 Å². The molecule has 0 radical (unpaired) electrons. The van der Waals surface area contributed by atoms with Gasteiger partial charge in [0.2, 0.25) is 11.9 Å². The normalized spacial score (nSPS) is 23.8. The van der Waals surface area contributed by atoms with Crippen molar-refractivity contribution in [2.24, 2.45) is 33.9 Å². The van der Waals surface area contributed by atoms with Gasteiger partial charge in [-0.05, 0) is 73.5 Å². The zero-order valence-electron chi connectivity index (χ0n) is 25.2. The first kappa shape index (κ1) is 32.6. The summed E-state index contributed by atoms with van der Waals surface area (Å²) >= 11 is 0. The van der Waals surface area contributed by atoms with Crippen LogP contribution in [0.1, 0.15) is 115 Å². The highest BCUT2D eigenvalue weighted by Crippen LogP contribution is 2.39. The zero-order valence-corrected chi connectivity index (χ0v) is 25.2. The molecule has 3 rings (SSSR count). The van der Waals surface area contributed by atoms with E-state index in [1.165, 1.54) is 19.3 Å². The molecule has 2 amide bonds. The van der Waals surface area contributed by atoms with Gasteiger partial charge in [-0.3, -0.25) is 14.9 Å². The average Bonchev–Trinajstić information content (AvgIpc) is 2.90. The number of hydrazone groups is 1. The molecule has 1 aromatic rings. The van der Waals surface area contributed by atoms with Crippen LogP contribution >= 0.6 is 0 Å². The lowest BCUT2D eigenvalue weighted by atomic mass is 9.71. The SMILES string of the molecule is CC1CCCC(OCC(=O)N(Cc2ccc(C(=O)N/C(N)=N/N)cc2)C2CCC(C(C)(C)C)CC2)C1.CCC. The van der Waals surface area contributed by atoms with Crippen molar-refractivity contribution in [2.75, 3.05) is 6.61 Å². The Morgan fingerprint density at radius 2 is 1.67 bits per heavy atom. The minimum Gasteiger partial charge on any atom is -0.368 e. The fourth-order valence-electron chi connectivity index (χ4n) is 5.66. The number of nitrogens with one attached hydrogen (secondary N) is 1. The molecule has 8 nitrogen and oxygen atoms in total. The van der Waals surface area contributed by atoms with Crippen molar-refractivity contribution in [1.29, 1.82) is 0 Å². The Labute approximate surface area is 236 Å². The van der Waals surface area contributed by atoms with E-state index in [0.717, 1.165) is 44.1 Å². The number of nitrogens with zero attached hydrogens (tertiary/aromatic N) is 2. The molecule has 0 aliphatic heterocycles. The summed E-state index contributed by atoms with van der Waals surface area (Å²) in [6, 6.07) is 7.43. The summed E-state index contributed by atoms with van der Waals surface area (Å²) in [5, 5.41) is 5.69. The Morgan fingerprint density at radius 1 is 1.05 bits per heavy atom. The molecule has 1 aromatic carbocycles. The largest absolute Gasteiger partial charge is 0.368 e. The standard InChI is InChI=1S/C28H45N5O3.C3H8/c1-19-6-5-7-24(16-19)36-18-25(34)33(23-14-12-22(13-15-23)28(2,3)4)17-20-8-10-21(11-9-20)26(35)31-27(29)32-30;1-3-2/h8-11,19,22-24H,5-7,12-18,30H2,1-4H3,(H3,29,31,32,35);3H2,1-2H3. The molecule has 0 spiro atoms. The summed E-state index contributed by atoms with van der Waals surface area (Å²) in [6.45, 7) is 14.1. The van der Waals surface area contributed by atoms with Crippen LogP contribution in [-0.4, -0.2) is 41.4 Å². The number of nitrogens with two attached hydrogens (primary N) is 2. The van der Waals surface area contributed by atoms with Gasteiger partial charge in [0.25, 0.3) is 5.91 Å². The summed E-state index contributed by atoms with van der Waals surface area (Å²) in [5.41, 5.74) is 7.20. The van der Waals surface area contributed by atoms with Gasteiger partial charge in [0.05, 0.1) is 6.10 Å². The summed E-state index contributed by atoms with van der Waals surface area (Å²) in [4.78, 5) is 27.8. The topological polar surface area (TPSA) is 123 Å². The Bertz CT molecular complexity index is 917. The molecular formula is C31H53N5O3. The molecule has 5 N–H and O–H groups in total. The van der Waals surface area contributed by atoms with Crippen molar-refractivity contribution in [1.82, 2.24) is 10.2 Å². The Kier molecular flexibility index (Phi) is 13.2. The van der Waals surface area contributed by atoms with Crippen molar-refractivity contribution < 1.29 is 14.3 Å². The molecule has 8 heteroatoms. The third kappa shape index (κ3) is 10.8. The number of amides is 2. The van der Waals surface area contributed by atoms with Crippen LogP contribution in [0, 0.1) is 17.3 Å². The summed E-state index contributed by atoms with van der Waals surface area (Å²) in [6.07, 6.45) is 10.2. The molecule has 0 aromatic heterocycles. The van der Waals surface area contributed by atoms with Crippen LogP contribution in [0.5, 0.6) is 0 Å². The van der Waals surface area contributed by atoms with Crippen molar-refractivity contribution in [3.63, 3.8) is 0 Å². The van der Waals surface area contributed by atoms with Gasteiger partial charge in [-0.2, -0.15) is 0 Å². The Balaban J connectivity index is 0.00000170. The molecule has 2 saturated carbocycles. The fourth-order valence-corrected chi connectivity index (χ4v) is 5.66. The van der Waals surface area contributed by atoms with E-state index < -0.39 is 0 Å². The number of rotatable bonds is 7. The summed E-state index contributed by atoms with van der Waals surface area (Å²) < 4.78 is 6.12. The van der Waals surface area contributed by atoms with Crippen LogP contribution in [0.3, 0.4) is 0 Å². The van der Waals surface area contributed by atoms with Gasteiger partial charge in [0, 0.05) is 18.2 Å². The Morgan fingerprint density at radius 3 is 2.21 bits per heavy atom. The maximum absolute atomic E-state index is 13.5. The van der Waals surface area contributed by atoms with Crippen molar-refractivity contribution in [3.05, 3.63) is 35.4 Å². The van der Waals surface area contributed by atoms with Crippen molar-refractivity contribution in [3.8, 4) is 0 Å². The van der Waals surface area contributed by atoms with Crippen LogP contribution in [-0.2, 0) is 16.1 Å². The van der Waals surface area contributed by atoms with E-state index in [1.807, 2.05) is 17.0 Å². The average molecular weight is 544 g/mol. The maximum Gasteiger partial charge on any atom is 0.257 e. The van der Waals surface area contributed by atoms with E-state index in [0.29, 0.717) is 23.9 Å². The minimum atomic E-state index is -0.378. The van der Waals surface area contributed by atoms with Gasteiger partial charge in [-0.25, -0.2) is 0 Å². The highest BCUT2D eigenvalue weighted by atomic mass is 16.5. The number of carbonyl (C=O) groups excluding carboxylic acids is 2. The lowest BCUT2D eigenvalue weighted by Crippen LogP contribution is -2.45. The van der Waals surface area contributed by atoms with E-state index in [9.17, 15) is 9.59 Å². The predicted molar refractivity (Wildman–Crippen MR) is 159 cm³/mol. The second kappa shape index (κ2) is 15.8. The summed E-state index contributed by atoms with van der Waals surface area (Å²) in [5.74, 6) is 5.96. The van der Waals surface area contributed by atoms with Crippen molar-refractivity contribution >= 4 is 17.8 Å². The second-order valence-corrected chi connectivity index (χ2v) is 12.5. The number of hydrogen-bond acceptors (Lipinski definition) is 5. The van der Waals surface area contributed by atoms with Crippen molar-refractivity contribution in [2.45, 2.75) is 118 Å². The molecule has 39 heavy (non-hydrogen) atoms. The molecule has 0 saturated heterocycles. The molecule has 2 atom stereocenters. The summed E-state index contributed by atoms with van der Waals surface area (Å²) in [7, 11) is 0. The number of benzene rings is 1. The third-order valence-electron chi connectivity index (χ3n) is 7.96. The fraction of sp³-hybridized carbons (Fsp3) is 0.710. The first-order chi connectivity index (χ1) is 18.5. The molecule has 0 bridgehead atoms. The lowest BCUT2D eigenvalue weighted by Gasteiger charge is -2.41. The molecule has 0 heterocycles. The van der Waals surface area contributed by atoms with E-state index in [-0.39, 0.29) is 41.9 Å². The zero-order chi connectivity index (χ0) is 29.0. The molecule has 2 aliphatic carbocycles. The lowest BCUT2D eigenvalue weighted by molar-refractivity contribution is -0.143. The van der Waals surface area contributed by atoms with Gasteiger partial charge in [-0.1, -0.05) is 72.9 Å². The number of carbonyl (C=O) groups is 2. The van der Waals surface area contributed by atoms with Crippen LogP contribution < -0.4 is 16.9 Å². The molecule has 2 aliphatic rings. The minimum absolute atomic E-state index is 0.0567. The Hall–Kier alpha value is -2.61. The van der Waals surface area contributed by atoms with Gasteiger partial charge < -0.3 is 21.2 Å². The highest BCUT2D eigenvalue weighted by molar-refractivity contribution is 6.05. The maximum atomic E-state index is 13.5. The van der Waals surface area contributed by atoms with Gasteiger partial charge in [0.15, 0.2) is 0 Å². The third-order valence-corrected chi connectivity index (χ3v) is 7.96. The monoisotopic (exact) mass is 543 g/mol. The number of ether oxygens (including phenoxy) is 1. The van der Waals surface area contributed by atoms with Gasteiger partial charge >= 0.3 is 0 Å². The predicted octanol–water partition coefficient (Wildman–Crippen LogP) is 5.55. The van der Waals surface area contributed by atoms with Crippen LogP contribution in [0.15, 0.2) is 29.4 Å². The molecule has 2 fully saturated rings. The quantitative estimate of drug-likeness (QED) is 0.180. The van der Waals surface area contributed by atoms with Crippen LogP contribution in [0.25, 0.3) is 0 Å². The van der Waals surface area contributed by atoms with E-state index in [4.69, 9.17) is 16.3 Å². The first-order valence-corrected chi connectivity index (χ1v) is 14.8. The highest BCUT2D eigenvalue weighted by Gasteiger charge is 2.34. The number of guanidine groups is 1. The van der Waals surface area contributed by atoms with E-state index in [2.05, 4.69) is 52.0 Å². The van der Waals surface area contributed by atoms with Crippen LogP contribution in [0.2, 0.25) is 0 Å². The first-order valence-electron chi connectivity index (χ1n) is 14.8. The molecular weight excluding hydrogens is 490 g/mol. The molecule has 220 valence electrons. The van der Waals surface area contributed by atoms with E-state index in [1.54, 1.807) is 12.1 Å². The second-order valence-electron chi connectivity index (χ2n) is 12.5. The van der Waals surface area contributed by atoms with Gasteiger partial charge in [0.1, 0.15) is 6.61 Å². The van der Waals surface area contributed by atoms with E-state index >= 15 is 0 Å². The molecule has 2 unspecified atom stereocenters. The smallest absolute Gasteiger partial charge is 0.257 e.